The summed E-state index contributed by atoms with van der Waals surface area (Å²) in [5.74, 6) is 0.0323. The lowest BCUT2D eigenvalue weighted by molar-refractivity contribution is -0.274. The zero-order valence-electron chi connectivity index (χ0n) is 11.6. The summed E-state index contributed by atoms with van der Waals surface area (Å²) < 4.78 is 41.3. The van der Waals surface area contributed by atoms with E-state index in [2.05, 4.69) is 15.0 Å². The first kappa shape index (κ1) is 15.4. The molecule has 0 aliphatic heterocycles. The van der Waals surface area contributed by atoms with Crippen molar-refractivity contribution in [3.05, 3.63) is 59.6 Å². The maximum Gasteiger partial charge on any atom is 0.573 e. The molecule has 0 unspecified atom stereocenters. The van der Waals surface area contributed by atoms with Gasteiger partial charge in [0.15, 0.2) is 5.75 Å². The molecule has 3 aromatic rings. The maximum absolute atomic E-state index is 12.4. The Labute approximate surface area is 134 Å². The summed E-state index contributed by atoms with van der Waals surface area (Å²) in [7, 11) is 0. The summed E-state index contributed by atoms with van der Waals surface area (Å²) in [4.78, 5) is 4.33. The van der Waals surface area contributed by atoms with Crippen molar-refractivity contribution >= 4 is 34.0 Å². The van der Waals surface area contributed by atoms with Crippen LogP contribution in [-0.4, -0.2) is 11.3 Å². The molecule has 3 nitrogen and oxygen atoms in total. The Morgan fingerprint density at radius 3 is 2.52 bits per heavy atom. The van der Waals surface area contributed by atoms with Crippen molar-refractivity contribution in [1.82, 2.24) is 4.98 Å². The van der Waals surface area contributed by atoms with Crippen molar-refractivity contribution in [3.8, 4) is 5.75 Å². The van der Waals surface area contributed by atoms with Crippen molar-refractivity contribution in [2.45, 2.75) is 6.36 Å². The van der Waals surface area contributed by atoms with E-state index in [-0.39, 0.29) is 11.4 Å². The van der Waals surface area contributed by atoms with Gasteiger partial charge in [0, 0.05) is 5.39 Å². The molecule has 1 aromatic heterocycles. The molecule has 0 saturated heterocycles. The van der Waals surface area contributed by atoms with Gasteiger partial charge in [0.1, 0.15) is 5.82 Å². The Morgan fingerprint density at radius 1 is 0.957 bits per heavy atom. The number of halogens is 4. The molecular weight excluding hydrogens is 329 g/mol. The topological polar surface area (TPSA) is 34.1 Å². The fraction of sp³-hybridized carbons (Fsp3) is 0.0625. The van der Waals surface area contributed by atoms with Crippen LogP contribution in [0, 0.1) is 0 Å². The molecule has 0 aliphatic rings. The van der Waals surface area contributed by atoms with Gasteiger partial charge in [0.2, 0.25) is 0 Å². The van der Waals surface area contributed by atoms with Gasteiger partial charge in [-0.3, -0.25) is 0 Å². The van der Waals surface area contributed by atoms with E-state index in [0.29, 0.717) is 16.4 Å². The van der Waals surface area contributed by atoms with Crippen molar-refractivity contribution < 1.29 is 17.9 Å². The van der Waals surface area contributed by atoms with Crippen molar-refractivity contribution in [3.63, 3.8) is 0 Å². The van der Waals surface area contributed by atoms with Crippen molar-refractivity contribution in [2.75, 3.05) is 5.32 Å². The van der Waals surface area contributed by atoms with Gasteiger partial charge in [0.25, 0.3) is 0 Å². The van der Waals surface area contributed by atoms with Crippen molar-refractivity contribution in [1.29, 1.82) is 0 Å². The third kappa shape index (κ3) is 3.65. The summed E-state index contributed by atoms with van der Waals surface area (Å²) in [5.41, 5.74) is 0.720. The van der Waals surface area contributed by atoms with E-state index in [1.54, 1.807) is 30.3 Å². The Bertz CT molecular complexity index is 852. The van der Waals surface area contributed by atoms with Gasteiger partial charge in [-0.15, -0.1) is 13.2 Å². The van der Waals surface area contributed by atoms with E-state index in [1.165, 1.54) is 18.2 Å². The highest BCUT2D eigenvalue weighted by atomic mass is 35.5. The lowest BCUT2D eigenvalue weighted by Crippen LogP contribution is -2.17. The number of alkyl halides is 3. The molecule has 2 aromatic carbocycles. The lowest BCUT2D eigenvalue weighted by Gasteiger charge is -2.14. The molecule has 7 heteroatoms. The monoisotopic (exact) mass is 338 g/mol. The SMILES string of the molecule is FC(F)(F)Oc1ccccc1Nc1ccc2cccc(Cl)c2n1. The number of rotatable bonds is 3. The van der Waals surface area contributed by atoms with Crippen LogP contribution in [0.25, 0.3) is 10.9 Å². The highest BCUT2D eigenvalue weighted by Gasteiger charge is 2.32. The zero-order valence-corrected chi connectivity index (χ0v) is 12.3. The highest BCUT2D eigenvalue weighted by molar-refractivity contribution is 6.35. The molecule has 0 fully saturated rings. The van der Waals surface area contributed by atoms with Crippen LogP contribution >= 0.6 is 11.6 Å². The number of benzene rings is 2. The summed E-state index contributed by atoms with van der Waals surface area (Å²) >= 11 is 6.09. The largest absolute Gasteiger partial charge is 0.573 e. The first-order valence-corrected chi connectivity index (χ1v) is 6.97. The number of hydrogen-bond donors (Lipinski definition) is 1. The van der Waals surface area contributed by atoms with E-state index in [0.717, 1.165) is 5.39 Å². The van der Waals surface area contributed by atoms with Gasteiger partial charge < -0.3 is 10.1 Å². The lowest BCUT2D eigenvalue weighted by atomic mass is 10.2. The average Bonchev–Trinajstić information content (AvgIpc) is 2.49. The second-order valence-corrected chi connectivity index (χ2v) is 5.08. The molecule has 0 atom stereocenters. The van der Waals surface area contributed by atoms with Gasteiger partial charge in [-0.25, -0.2) is 4.98 Å². The smallest absolute Gasteiger partial charge is 0.404 e. The Morgan fingerprint density at radius 2 is 1.74 bits per heavy atom. The molecule has 0 radical (unpaired) electrons. The van der Waals surface area contributed by atoms with E-state index in [9.17, 15) is 13.2 Å². The minimum absolute atomic E-state index is 0.156. The Hall–Kier alpha value is -2.47. The molecule has 118 valence electrons. The van der Waals surface area contributed by atoms with Crippen LogP contribution in [0.2, 0.25) is 5.02 Å². The minimum Gasteiger partial charge on any atom is -0.404 e. The fourth-order valence-corrected chi connectivity index (χ4v) is 2.33. The quantitative estimate of drug-likeness (QED) is 0.681. The molecule has 0 saturated carbocycles. The van der Waals surface area contributed by atoms with Gasteiger partial charge in [-0.2, -0.15) is 0 Å². The van der Waals surface area contributed by atoms with Crippen LogP contribution in [-0.2, 0) is 0 Å². The summed E-state index contributed by atoms with van der Waals surface area (Å²) in [5, 5.41) is 4.12. The number of fused-ring (bicyclic) bond motifs is 1. The van der Waals surface area contributed by atoms with Gasteiger partial charge in [-0.1, -0.05) is 35.9 Å². The number of pyridine rings is 1. The third-order valence-corrected chi connectivity index (χ3v) is 3.35. The average molecular weight is 339 g/mol. The number of hydrogen-bond acceptors (Lipinski definition) is 3. The van der Waals surface area contributed by atoms with E-state index in [1.807, 2.05) is 6.07 Å². The fourth-order valence-electron chi connectivity index (χ4n) is 2.10. The first-order valence-electron chi connectivity index (χ1n) is 6.59. The van der Waals surface area contributed by atoms with E-state index >= 15 is 0 Å². The maximum atomic E-state index is 12.4. The summed E-state index contributed by atoms with van der Waals surface area (Å²) in [6.07, 6.45) is -4.77. The predicted octanol–water partition coefficient (Wildman–Crippen LogP) is 5.53. The summed E-state index contributed by atoms with van der Waals surface area (Å²) in [6.45, 7) is 0. The molecule has 3 rings (SSSR count). The second kappa shape index (κ2) is 5.96. The van der Waals surface area contributed by atoms with Crippen LogP contribution in [0.3, 0.4) is 0 Å². The van der Waals surface area contributed by atoms with Crippen molar-refractivity contribution in [2.24, 2.45) is 0 Å². The molecular formula is C16H10ClF3N2O. The second-order valence-electron chi connectivity index (χ2n) is 4.68. The van der Waals surface area contributed by atoms with Gasteiger partial charge in [-0.05, 0) is 30.3 Å². The molecule has 0 spiro atoms. The number of aromatic nitrogens is 1. The van der Waals surface area contributed by atoms with Gasteiger partial charge >= 0.3 is 6.36 Å². The van der Waals surface area contributed by atoms with E-state index < -0.39 is 6.36 Å². The molecule has 0 bridgehead atoms. The van der Waals surface area contributed by atoms with Crippen LogP contribution < -0.4 is 10.1 Å². The summed E-state index contributed by atoms with van der Waals surface area (Å²) in [6, 6.07) is 14.5. The Kier molecular flexibility index (Phi) is 4.00. The third-order valence-electron chi connectivity index (χ3n) is 3.05. The number of nitrogens with one attached hydrogen (secondary N) is 1. The van der Waals surface area contributed by atoms with Crippen LogP contribution in [0.15, 0.2) is 54.6 Å². The minimum atomic E-state index is -4.77. The van der Waals surface area contributed by atoms with Gasteiger partial charge in [0.05, 0.1) is 16.2 Å². The zero-order chi connectivity index (χ0) is 16.4. The molecule has 1 heterocycles. The normalized spacial score (nSPS) is 11.5. The number of nitrogens with zero attached hydrogens (tertiary/aromatic N) is 1. The van der Waals surface area contributed by atoms with Crippen LogP contribution in [0.4, 0.5) is 24.7 Å². The molecule has 0 aliphatic carbocycles. The molecule has 0 amide bonds. The predicted molar refractivity (Wildman–Crippen MR) is 83.2 cm³/mol. The molecule has 1 N–H and O–H groups in total. The highest BCUT2D eigenvalue weighted by Crippen LogP contribution is 2.32. The number of para-hydroxylation sites is 3. The number of anilines is 2. The first-order chi connectivity index (χ1) is 10.9. The standard InChI is InChI=1S/C16H10ClF3N2O/c17-11-5-3-4-10-8-9-14(22-15(10)11)21-12-6-1-2-7-13(12)23-16(18,19)20/h1-9H,(H,21,22). The van der Waals surface area contributed by atoms with Crippen LogP contribution in [0.1, 0.15) is 0 Å². The van der Waals surface area contributed by atoms with Crippen LogP contribution in [0.5, 0.6) is 5.75 Å². The number of ether oxygens (including phenoxy) is 1. The van der Waals surface area contributed by atoms with E-state index in [4.69, 9.17) is 11.6 Å². The molecule has 23 heavy (non-hydrogen) atoms. The Balaban J connectivity index is 1.95.